The Kier molecular flexibility index (Phi) is 3.83. The molecule has 110 valence electrons. The molecule has 1 saturated carbocycles. The van der Waals surface area contributed by atoms with Crippen LogP contribution in [0.2, 0.25) is 0 Å². The van der Waals surface area contributed by atoms with Gasteiger partial charge in [-0.1, -0.05) is 12.8 Å². The molecule has 0 spiro atoms. The van der Waals surface area contributed by atoms with Crippen molar-refractivity contribution in [1.82, 2.24) is 4.90 Å². The SMILES string of the molecule is O=C(CCc1ccco1)N1CCC2(O)CCCCC2C1. The minimum atomic E-state index is -0.504. The van der Waals surface area contributed by atoms with Crippen molar-refractivity contribution in [1.29, 1.82) is 0 Å². The molecule has 0 radical (unpaired) electrons. The summed E-state index contributed by atoms with van der Waals surface area (Å²) < 4.78 is 5.26. The van der Waals surface area contributed by atoms with Gasteiger partial charge in [0.25, 0.3) is 0 Å². The largest absolute Gasteiger partial charge is 0.469 e. The maximum atomic E-state index is 12.3. The first kappa shape index (κ1) is 13.7. The van der Waals surface area contributed by atoms with E-state index >= 15 is 0 Å². The lowest BCUT2D eigenvalue weighted by Gasteiger charge is -2.47. The first-order valence-electron chi connectivity index (χ1n) is 7.70. The maximum Gasteiger partial charge on any atom is 0.223 e. The lowest BCUT2D eigenvalue weighted by molar-refractivity contribution is -0.143. The van der Waals surface area contributed by atoms with Gasteiger partial charge in [0.1, 0.15) is 5.76 Å². The van der Waals surface area contributed by atoms with Gasteiger partial charge < -0.3 is 14.4 Å². The van der Waals surface area contributed by atoms with Gasteiger partial charge in [-0.2, -0.15) is 0 Å². The smallest absolute Gasteiger partial charge is 0.223 e. The number of hydrogen-bond donors (Lipinski definition) is 1. The average molecular weight is 277 g/mol. The van der Waals surface area contributed by atoms with E-state index in [2.05, 4.69) is 0 Å². The van der Waals surface area contributed by atoms with E-state index in [9.17, 15) is 9.90 Å². The van der Waals surface area contributed by atoms with E-state index < -0.39 is 5.60 Å². The molecule has 4 nitrogen and oxygen atoms in total. The van der Waals surface area contributed by atoms with Gasteiger partial charge >= 0.3 is 0 Å². The summed E-state index contributed by atoms with van der Waals surface area (Å²) in [6.45, 7) is 1.43. The van der Waals surface area contributed by atoms with Crippen LogP contribution < -0.4 is 0 Å². The van der Waals surface area contributed by atoms with E-state index in [0.29, 0.717) is 19.4 Å². The van der Waals surface area contributed by atoms with Gasteiger partial charge in [0.15, 0.2) is 0 Å². The molecule has 2 atom stereocenters. The van der Waals surface area contributed by atoms with Crippen LogP contribution in [0.5, 0.6) is 0 Å². The molecule has 1 N–H and O–H groups in total. The Balaban J connectivity index is 1.54. The Labute approximate surface area is 119 Å². The molecule has 1 aliphatic heterocycles. The standard InChI is InChI=1S/C16H23NO3/c18-15(7-6-14-5-3-11-20-14)17-10-9-16(19)8-2-1-4-13(16)12-17/h3,5,11,13,19H,1-2,4,6-10,12H2. The highest BCUT2D eigenvalue weighted by atomic mass is 16.3. The predicted molar refractivity (Wildman–Crippen MR) is 75.1 cm³/mol. The normalized spacial score (nSPS) is 30.1. The molecule has 1 aromatic rings. The number of likely N-dealkylation sites (tertiary alicyclic amines) is 1. The van der Waals surface area contributed by atoms with Crippen LogP contribution in [-0.2, 0) is 11.2 Å². The molecule has 2 aliphatic rings. The molecule has 1 amide bonds. The molecule has 3 rings (SSSR count). The van der Waals surface area contributed by atoms with Crippen LogP contribution in [-0.4, -0.2) is 34.6 Å². The van der Waals surface area contributed by atoms with Crippen molar-refractivity contribution in [3.8, 4) is 0 Å². The van der Waals surface area contributed by atoms with Crippen molar-refractivity contribution in [2.75, 3.05) is 13.1 Å². The maximum absolute atomic E-state index is 12.3. The van der Waals surface area contributed by atoms with Crippen LogP contribution >= 0.6 is 0 Å². The van der Waals surface area contributed by atoms with Crippen LogP contribution in [0.25, 0.3) is 0 Å². The number of furan rings is 1. The fraction of sp³-hybridized carbons (Fsp3) is 0.688. The third kappa shape index (κ3) is 2.75. The van der Waals surface area contributed by atoms with Crippen molar-refractivity contribution >= 4 is 5.91 Å². The van der Waals surface area contributed by atoms with Gasteiger partial charge in [0, 0.05) is 31.8 Å². The molecule has 1 aromatic heterocycles. The zero-order valence-corrected chi connectivity index (χ0v) is 11.9. The summed E-state index contributed by atoms with van der Waals surface area (Å²) in [7, 11) is 0. The Morgan fingerprint density at radius 3 is 3.15 bits per heavy atom. The van der Waals surface area contributed by atoms with E-state index in [1.807, 2.05) is 17.0 Å². The van der Waals surface area contributed by atoms with Gasteiger partial charge in [0.05, 0.1) is 11.9 Å². The highest BCUT2D eigenvalue weighted by molar-refractivity contribution is 5.76. The number of carbonyl (C=O) groups is 1. The van der Waals surface area contributed by atoms with E-state index in [-0.39, 0.29) is 11.8 Å². The van der Waals surface area contributed by atoms with Crippen molar-refractivity contribution < 1.29 is 14.3 Å². The first-order valence-corrected chi connectivity index (χ1v) is 7.70. The molecule has 2 heterocycles. The van der Waals surface area contributed by atoms with E-state index in [1.165, 1.54) is 6.42 Å². The van der Waals surface area contributed by atoms with E-state index in [4.69, 9.17) is 4.42 Å². The number of aliphatic hydroxyl groups is 1. The van der Waals surface area contributed by atoms with Gasteiger partial charge in [-0.05, 0) is 31.4 Å². The highest BCUT2D eigenvalue weighted by Crippen LogP contribution is 2.39. The zero-order valence-electron chi connectivity index (χ0n) is 11.9. The summed E-state index contributed by atoms with van der Waals surface area (Å²) in [4.78, 5) is 14.2. The molecule has 0 bridgehead atoms. The molecule has 20 heavy (non-hydrogen) atoms. The second-order valence-corrected chi connectivity index (χ2v) is 6.22. The molecule has 1 aliphatic carbocycles. The Bertz CT molecular complexity index is 456. The van der Waals surface area contributed by atoms with Crippen LogP contribution in [0.4, 0.5) is 0 Å². The zero-order chi connectivity index (χ0) is 14.0. The van der Waals surface area contributed by atoms with Crippen LogP contribution in [0.3, 0.4) is 0 Å². The van der Waals surface area contributed by atoms with Crippen molar-refractivity contribution in [2.24, 2.45) is 5.92 Å². The van der Waals surface area contributed by atoms with Crippen molar-refractivity contribution in [3.63, 3.8) is 0 Å². The highest BCUT2D eigenvalue weighted by Gasteiger charge is 2.43. The Hall–Kier alpha value is -1.29. The summed E-state index contributed by atoms with van der Waals surface area (Å²) in [5.41, 5.74) is -0.504. The number of aryl methyl sites for hydroxylation is 1. The minimum absolute atomic E-state index is 0.189. The number of piperidine rings is 1. The van der Waals surface area contributed by atoms with Crippen molar-refractivity contribution in [3.05, 3.63) is 24.2 Å². The number of fused-ring (bicyclic) bond motifs is 1. The van der Waals surface area contributed by atoms with Crippen molar-refractivity contribution in [2.45, 2.75) is 50.5 Å². The summed E-state index contributed by atoms with van der Waals surface area (Å²) in [5, 5.41) is 10.6. The third-order valence-electron chi connectivity index (χ3n) is 4.95. The van der Waals surface area contributed by atoms with Gasteiger partial charge in [0.2, 0.25) is 5.91 Å². The first-order chi connectivity index (χ1) is 9.67. The minimum Gasteiger partial charge on any atom is -0.469 e. The number of rotatable bonds is 3. The van der Waals surface area contributed by atoms with E-state index in [0.717, 1.165) is 38.0 Å². The summed E-state index contributed by atoms with van der Waals surface area (Å²) in [6, 6.07) is 3.76. The summed E-state index contributed by atoms with van der Waals surface area (Å²) in [6.07, 6.45) is 7.81. The quantitative estimate of drug-likeness (QED) is 0.922. The predicted octanol–water partition coefficient (Wildman–Crippen LogP) is 2.37. The molecule has 0 aromatic carbocycles. The molecule has 2 unspecified atom stereocenters. The van der Waals surface area contributed by atoms with E-state index in [1.54, 1.807) is 6.26 Å². The van der Waals surface area contributed by atoms with Crippen LogP contribution in [0, 0.1) is 5.92 Å². The van der Waals surface area contributed by atoms with Crippen LogP contribution in [0.1, 0.15) is 44.3 Å². The second-order valence-electron chi connectivity index (χ2n) is 6.22. The lowest BCUT2D eigenvalue weighted by Crippen LogP contribution is -2.54. The monoisotopic (exact) mass is 277 g/mol. The van der Waals surface area contributed by atoms with Gasteiger partial charge in [-0.3, -0.25) is 4.79 Å². The third-order valence-corrected chi connectivity index (χ3v) is 4.95. The molecular weight excluding hydrogens is 254 g/mol. The number of carbonyl (C=O) groups excluding carboxylic acids is 1. The number of amides is 1. The molecule has 2 fully saturated rings. The second kappa shape index (κ2) is 5.60. The van der Waals surface area contributed by atoms with Gasteiger partial charge in [-0.25, -0.2) is 0 Å². The topological polar surface area (TPSA) is 53.7 Å². The van der Waals surface area contributed by atoms with Crippen LogP contribution in [0.15, 0.2) is 22.8 Å². The number of nitrogens with zero attached hydrogens (tertiary/aromatic N) is 1. The average Bonchev–Trinajstić information content (AvgIpc) is 2.97. The lowest BCUT2D eigenvalue weighted by atomic mass is 9.71. The molecular formula is C16H23NO3. The summed E-state index contributed by atoms with van der Waals surface area (Å²) >= 11 is 0. The Morgan fingerprint density at radius 1 is 1.45 bits per heavy atom. The number of hydrogen-bond acceptors (Lipinski definition) is 3. The summed E-state index contributed by atoms with van der Waals surface area (Å²) in [5.74, 6) is 1.33. The molecule has 4 heteroatoms. The Morgan fingerprint density at radius 2 is 2.35 bits per heavy atom. The molecule has 1 saturated heterocycles. The fourth-order valence-electron chi connectivity index (χ4n) is 3.64. The van der Waals surface area contributed by atoms with Gasteiger partial charge in [-0.15, -0.1) is 0 Å². The fourth-order valence-corrected chi connectivity index (χ4v) is 3.64.